The van der Waals surface area contributed by atoms with Crippen LogP contribution in [0.25, 0.3) is 0 Å². The smallest absolute Gasteiger partial charge is 0.385 e. The molecule has 2 aliphatic heterocycles. The van der Waals surface area contributed by atoms with E-state index in [1.165, 1.54) is 0 Å². The molecule has 0 aromatic rings. The van der Waals surface area contributed by atoms with E-state index in [9.17, 15) is 18.3 Å². The first-order valence-electron chi connectivity index (χ1n) is 5.14. The van der Waals surface area contributed by atoms with Crippen LogP contribution in [-0.2, 0) is 4.74 Å². The van der Waals surface area contributed by atoms with Gasteiger partial charge in [0.2, 0.25) is 0 Å². The number of ether oxygens (including phenoxy) is 1. The summed E-state index contributed by atoms with van der Waals surface area (Å²) in [5, 5.41) is 13.2. The van der Waals surface area contributed by atoms with E-state index in [-0.39, 0.29) is 24.9 Å². The lowest BCUT2D eigenvalue weighted by Crippen LogP contribution is -2.61. The molecule has 6 heteroatoms. The summed E-state index contributed by atoms with van der Waals surface area (Å²) in [4.78, 5) is 0. The average molecular weight is 237 g/mol. The van der Waals surface area contributed by atoms with Crippen LogP contribution in [0.15, 0.2) is 12.2 Å². The van der Waals surface area contributed by atoms with Crippen molar-refractivity contribution in [2.75, 3.05) is 13.2 Å². The Balaban J connectivity index is 2.16. The van der Waals surface area contributed by atoms with Crippen molar-refractivity contribution in [2.24, 2.45) is 0 Å². The standard InChI is InChI=1S/C10H14F3NO2/c1-6(10(11,12)13)9(15)2-7-4-16-5-8(3-9)14-7/h7-8,14-15H,1-5H2. The fourth-order valence-electron chi connectivity index (χ4n) is 2.43. The Labute approximate surface area is 91.3 Å². The molecule has 0 aromatic carbocycles. The third kappa shape index (κ3) is 2.09. The predicted octanol–water partition coefficient (Wildman–Crippen LogP) is 0.987. The van der Waals surface area contributed by atoms with Crippen LogP contribution in [0, 0.1) is 0 Å². The first kappa shape index (κ1) is 11.9. The fraction of sp³-hybridized carbons (Fsp3) is 0.800. The van der Waals surface area contributed by atoms with Crippen molar-refractivity contribution >= 4 is 0 Å². The minimum absolute atomic E-state index is 0.00183. The summed E-state index contributed by atoms with van der Waals surface area (Å²) in [6.07, 6.45) is -4.54. The molecule has 2 atom stereocenters. The average Bonchev–Trinajstić information content (AvgIpc) is 2.14. The highest BCUT2D eigenvalue weighted by atomic mass is 19.4. The molecule has 2 heterocycles. The highest BCUT2D eigenvalue weighted by Gasteiger charge is 2.51. The molecule has 0 aliphatic carbocycles. The maximum absolute atomic E-state index is 12.5. The van der Waals surface area contributed by atoms with Crippen molar-refractivity contribution in [1.29, 1.82) is 0 Å². The SMILES string of the molecule is C=C(C(F)(F)F)C1(O)CC2COCC(C1)N2. The Morgan fingerprint density at radius 3 is 2.25 bits per heavy atom. The summed E-state index contributed by atoms with van der Waals surface area (Å²) in [7, 11) is 0. The third-order valence-corrected chi connectivity index (χ3v) is 3.18. The molecular formula is C10H14F3NO2. The topological polar surface area (TPSA) is 41.5 Å². The van der Waals surface area contributed by atoms with E-state index >= 15 is 0 Å². The molecule has 2 bridgehead atoms. The Hall–Kier alpha value is -0.590. The van der Waals surface area contributed by atoms with Gasteiger partial charge in [-0.15, -0.1) is 0 Å². The van der Waals surface area contributed by atoms with Gasteiger partial charge in [0.25, 0.3) is 0 Å². The van der Waals surface area contributed by atoms with Gasteiger partial charge in [-0.05, 0) is 12.8 Å². The summed E-state index contributed by atoms with van der Waals surface area (Å²) in [5.41, 5.74) is -2.89. The van der Waals surface area contributed by atoms with Gasteiger partial charge in [0, 0.05) is 12.1 Å². The maximum atomic E-state index is 12.5. The summed E-state index contributed by atoms with van der Waals surface area (Å²) in [5.74, 6) is 0. The number of hydrogen-bond donors (Lipinski definition) is 2. The number of nitrogens with one attached hydrogen (secondary N) is 1. The Kier molecular flexibility index (Phi) is 2.76. The first-order chi connectivity index (χ1) is 7.31. The van der Waals surface area contributed by atoms with E-state index in [4.69, 9.17) is 4.74 Å². The highest BCUT2D eigenvalue weighted by Crippen LogP contribution is 2.40. The van der Waals surface area contributed by atoms with Crippen LogP contribution in [0.5, 0.6) is 0 Å². The van der Waals surface area contributed by atoms with E-state index in [2.05, 4.69) is 11.9 Å². The second-order valence-electron chi connectivity index (χ2n) is 4.51. The number of morpholine rings is 1. The van der Waals surface area contributed by atoms with Gasteiger partial charge in [-0.1, -0.05) is 6.58 Å². The lowest BCUT2D eigenvalue weighted by Gasteiger charge is -2.45. The summed E-state index contributed by atoms with van der Waals surface area (Å²) in [6.45, 7) is 3.68. The van der Waals surface area contributed by atoms with Gasteiger partial charge < -0.3 is 15.2 Å². The van der Waals surface area contributed by atoms with Crippen molar-refractivity contribution in [2.45, 2.75) is 36.7 Å². The number of piperidine rings is 1. The van der Waals surface area contributed by atoms with Crippen LogP contribution in [0.2, 0.25) is 0 Å². The zero-order chi connectivity index (χ0) is 12.0. The van der Waals surface area contributed by atoms with Crippen molar-refractivity contribution in [3.05, 3.63) is 12.2 Å². The minimum atomic E-state index is -4.54. The Morgan fingerprint density at radius 2 is 1.81 bits per heavy atom. The number of aliphatic hydroxyl groups is 1. The van der Waals surface area contributed by atoms with Crippen LogP contribution >= 0.6 is 0 Å². The molecule has 2 fully saturated rings. The predicted molar refractivity (Wildman–Crippen MR) is 50.9 cm³/mol. The number of rotatable bonds is 1. The van der Waals surface area contributed by atoms with Gasteiger partial charge in [-0.3, -0.25) is 0 Å². The molecule has 2 N–H and O–H groups in total. The molecule has 2 aliphatic rings. The maximum Gasteiger partial charge on any atom is 0.414 e. The molecule has 0 spiro atoms. The summed E-state index contributed by atoms with van der Waals surface area (Å²) >= 11 is 0. The van der Waals surface area contributed by atoms with Gasteiger partial charge in [-0.25, -0.2) is 0 Å². The molecule has 0 saturated carbocycles. The second kappa shape index (κ2) is 3.72. The Bertz CT molecular complexity index is 291. The van der Waals surface area contributed by atoms with Gasteiger partial charge in [0.15, 0.2) is 0 Å². The molecule has 0 aromatic heterocycles. The first-order valence-corrected chi connectivity index (χ1v) is 5.14. The summed E-state index contributed by atoms with van der Waals surface area (Å²) in [6, 6.07) is -0.451. The molecular weight excluding hydrogens is 223 g/mol. The zero-order valence-corrected chi connectivity index (χ0v) is 8.68. The monoisotopic (exact) mass is 237 g/mol. The van der Waals surface area contributed by atoms with Crippen molar-refractivity contribution in [3.8, 4) is 0 Å². The van der Waals surface area contributed by atoms with E-state index in [0.29, 0.717) is 13.2 Å². The van der Waals surface area contributed by atoms with Crippen LogP contribution in [-0.4, -0.2) is 42.2 Å². The quantitative estimate of drug-likeness (QED) is 0.668. The van der Waals surface area contributed by atoms with Gasteiger partial charge in [0.1, 0.15) is 0 Å². The van der Waals surface area contributed by atoms with Crippen molar-refractivity contribution in [1.82, 2.24) is 5.32 Å². The third-order valence-electron chi connectivity index (χ3n) is 3.18. The van der Waals surface area contributed by atoms with Crippen molar-refractivity contribution in [3.63, 3.8) is 0 Å². The van der Waals surface area contributed by atoms with E-state index in [0.717, 1.165) is 0 Å². The van der Waals surface area contributed by atoms with Gasteiger partial charge in [0.05, 0.1) is 24.4 Å². The highest BCUT2D eigenvalue weighted by molar-refractivity contribution is 5.21. The second-order valence-corrected chi connectivity index (χ2v) is 4.51. The van der Waals surface area contributed by atoms with Crippen LogP contribution < -0.4 is 5.32 Å². The van der Waals surface area contributed by atoms with E-state index < -0.39 is 17.4 Å². The normalized spacial score (nSPS) is 39.5. The molecule has 3 nitrogen and oxygen atoms in total. The number of fused-ring (bicyclic) bond motifs is 2. The van der Waals surface area contributed by atoms with Crippen LogP contribution in [0.1, 0.15) is 12.8 Å². The molecule has 92 valence electrons. The lowest BCUT2D eigenvalue weighted by molar-refractivity contribution is -0.137. The molecule has 2 unspecified atom stereocenters. The van der Waals surface area contributed by atoms with E-state index in [1.807, 2.05) is 0 Å². The van der Waals surface area contributed by atoms with Crippen molar-refractivity contribution < 1.29 is 23.0 Å². The van der Waals surface area contributed by atoms with Crippen LogP contribution in [0.4, 0.5) is 13.2 Å². The number of halogens is 3. The minimum Gasteiger partial charge on any atom is -0.385 e. The fourth-order valence-corrected chi connectivity index (χ4v) is 2.43. The Morgan fingerprint density at radius 1 is 1.31 bits per heavy atom. The van der Waals surface area contributed by atoms with Gasteiger partial charge in [-0.2, -0.15) is 13.2 Å². The largest absolute Gasteiger partial charge is 0.414 e. The number of hydrogen-bond acceptors (Lipinski definition) is 3. The molecule has 0 radical (unpaired) electrons. The zero-order valence-electron chi connectivity index (χ0n) is 8.68. The molecule has 2 saturated heterocycles. The summed E-state index contributed by atoms with van der Waals surface area (Å²) < 4.78 is 42.8. The van der Waals surface area contributed by atoms with Crippen LogP contribution in [0.3, 0.4) is 0 Å². The number of alkyl halides is 3. The molecule has 2 rings (SSSR count). The van der Waals surface area contributed by atoms with Gasteiger partial charge >= 0.3 is 6.18 Å². The molecule has 0 amide bonds. The van der Waals surface area contributed by atoms with E-state index in [1.54, 1.807) is 0 Å². The molecule has 16 heavy (non-hydrogen) atoms. The lowest BCUT2D eigenvalue weighted by atomic mass is 9.78.